The predicted molar refractivity (Wildman–Crippen MR) is 40.6 cm³/mol. The molecule has 0 spiro atoms. The summed E-state index contributed by atoms with van der Waals surface area (Å²) in [5.41, 5.74) is 5.47. The van der Waals surface area contributed by atoms with Gasteiger partial charge in [-0.3, -0.25) is 4.79 Å². The predicted octanol–water partition coefficient (Wildman–Crippen LogP) is 1.09. The average molecular weight is 141 g/mol. The van der Waals surface area contributed by atoms with Gasteiger partial charge in [0.05, 0.1) is 6.04 Å². The maximum atomic E-state index is 11.2. The second-order valence-electron chi connectivity index (χ2n) is 3.17. The fourth-order valence-corrected chi connectivity index (χ4v) is 1.58. The normalized spacial score (nSPS) is 23.0. The molecule has 0 unspecified atom stereocenters. The Hall–Kier alpha value is -0.370. The topological polar surface area (TPSA) is 43.1 Å². The van der Waals surface area contributed by atoms with Crippen LogP contribution >= 0.6 is 0 Å². The summed E-state index contributed by atoms with van der Waals surface area (Å²) in [6.45, 7) is 1.78. The quantitative estimate of drug-likeness (QED) is 0.625. The zero-order chi connectivity index (χ0) is 7.56. The van der Waals surface area contributed by atoms with E-state index < -0.39 is 0 Å². The molecule has 58 valence electrons. The van der Waals surface area contributed by atoms with Crippen LogP contribution in [-0.4, -0.2) is 11.8 Å². The second kappa shape index (κ2) is 3.15. The van der Waals surface area contributed by atoms with Crippen molar-refractivity contribution in [3.05, 3.63) is 0 Å². The first-order valence-electron chi connectivity index (χ1n) is 4.01. The third-order valence-electron chi connectivity index (χ3n) is 2.21. The molecule has 0 aromatic heterocycles. The number of Topliss-reactive ketones (excluding diaryl/α,β-unsaturated/α-hetero) is 1. The largest absolute Gasteiger partial charge is 0.322 e. The van der Waals surface area contributed by atoms with Crippen LogP contribution in [0.4, 0.5) is 0 Å². The molecule has 10 heavy (non-hydrogen) atoms. The Balaban J connectivity index is 2.40. The lowest BCUT2D eigenvalue weighted by Crippen LogP contribution is -2.31. The highest BCUT2D eigenvalue weighted by Gasteiger charge is 2.24. The maximum Gasteiger partial charge on any atom is 0.152 e. The van der Waals surface area contributed by atoms with Gasteiger partial charge < -0.3 is 5.73 Å². The molecule has 0 aliphatic heterocycles. The maximum absolute atomic E-state index is 11.2. The molecular formula is C8H15NO. The van der Waals surface area contributed by atoms with Crippen LogP contribution in [0.25, 0.3) is 0 Å². The molecule has 0 amide bonds. The van der Waals surface area contributed by atoms with Gasteiger partial charge in [0, 0.05) is 5.92 Å². The Labute approximate surface area is 61.8 Å². The summed E-state index contributed by atoms with van der Waals surface area (Å²) in [6.07, 6.45) is 4.56. The van der Waals surface area contributed by atoms with E-state index in [-0.39, 0.29) is 11.8 Å². The van der Waals surface area contributed by atoms with E-state index >= 15 is 0 Å². The lowest BCUT2D eigenvalue weighted by molar-refractivity contribution is -0.123. The Bertz CT molecular complexity index is 125. The summed E-state index contributed by atoms with van der Waals surface area (Å²) >= 11 is 0. The number of rotatable bonds is 2. The Morgan fingerprint density at radius 1 is 1.50 bits per heavy atom. The van der Waals surface area contributed by atoms with Gasteiger partial charge in [0.15, 0.2) is 5.78 Å². The van der Waals surface area contributed by atoms with Crippen LogP contribution in [0.3, 0.4) is 0 Å². The number of ketones is 1. The highest BCUT2D eigenvalue weighted by Crippen LogP contribution is 2.25. The summed E-state index contributed by atoms with van der Waals surface area (Å²) in [5, 5.41) is 0. The van der Waals surface area contributed by atoms with Crippen molar-refractivity contribution in [2.75, 3.05) is 0 Å². The number of hydrogen-bond donors (Lipinski definition) is 1. The van der Waals surface area contributed by atoms with Crippen molar-refractivity contribution in [1.82, 2.24) is 0 Å². The summed E-state index contributed by atoms with van der Waals surface area (Å²) in [5.74, 6) is 0.553. The zero-order valence-electron chi connectivity index (χ0n) is 6.47. The molecule has 2 N–H and O–H groups in total. The van der Waals surface area contributed by atoms with Crippen LogP contribution in [0.5, 0.6) is 0 Å². The number of nitrogens with two attached hydrogens (primary N) is 1. The van der Waals surface area contributed by atoms with E-state index in [0.29, 0.717) is 5.92 Å². The minimum atomic E-state index is -0.247. The third-order valence-corrected chi connectivity index (χ3v) is 2.21. The molecule has 2 nitrogen and oxygen atoms in total. The van der Waals surface area contributed by atoms with Crippen LogP contribution in [-0.2, 0) is 4.79 Å². The van der Waals surface area contributed by atoms with E-state index in [0.717, 1.165) is 12.8 Å². The molecule has 0 bridgehead atoms. The first-order valence-corrected chi connectivity index (χ1v) is 4.01. The summed E-state index contributed by atoms with van der Waals surface area (Å²) in [4.78, 5) is 11.2. The highest BCUT2D eigenvalue weighted by molar-refractivity contribution is 5.85. The smallest absolute Gasteiger partial charge is 0.152 e. The molecule has 1 fully saturated rings. The molecule has 0 aromatic carbocycles. The van der Waals surface area contributed by atoms with Crippen molar-refractivity contribution in [2.45, 2.75) is 38.6 Å². The van der Waals surface area contributed by atoms with E-state index in [1.165, 1.54) is 12.8 Å². The number of carbonyl (C=O) groups excluding carboxylic acids is 1. The van der Waals surface area contributed by atoms with E-state index in [4.69, 9.17) is 5.73 Å². The van der Waals surface area contributed by atoms with E-state index in [1.807, 2.05) is 0 Å². The molecule has 1 atom stereocenters. The van der Waals surface area contributed by atoms with Crippen molar-refractivity contribution in [3.8, 4) is 0 Å². The van der Waals surface area contributed by atoms with Gasteiger partial charge in [0.25, 0.3) is 0 Å². The molecule has 0 aromatic rings. The van der Waals surface area contributed by atoms with Crippen LogP contribution in [0, 0.1) is 5.92 Å². The standard InChI is InChI=1S/C8H15NO/c1-6(9)8(10)7-4-2-3-5-7/h6-7H,2-5,9H2,1H3/t6-/m0/s1. The summed E-state index contributed by atoms with van der Waals surface area (Å²) in [7, 11) is 0. The van der Waals surface area contributed by atoms with Crippen molar-refractivity contribution >= 4 is 5.78 Å². The van der Waals surface area contributed by atoms with Gasteiger partial charge in [-0.25, -0.2) is 0 Å². The SMILES string of the molecule is C[C@H](N)C(=O)C1CCCC1. The van der Waals surface area contributed by atoms with E-state index in [2.05, 4.69) is 0 Å². The Morgan fingerprint density at radius 3 is 2.40 bits per heavy atom. The Morgan fingerprint density at radius 2 is 2.00 bits per heavy atom. The van der Waals surface area contributed by atoms with Gasteiger partial charge in [-0.2, -0.15) is 0 Å². The van der Waals surface area contributed by atoms with E-state index in [9.17, 15) is 4.79 Å². The first-order chi connectivity index (χ1) is 4.72. The number of hydrogen-bond acceptors (Lipinski definition) is 2. The second-order valence-corrected chi connectivity index (χ2v) is 3.17. The molecule has 1 saturated carbocycles. The van der Waals surface area contributed by atoms with Crippen LogP contribution < -0.4 is 5.73 Å². The number of carbonyl (C=O) groups is 1. The van der Waals surface area contributed by atoms with Crippen molar-refractivity contribution in [3.63, 3.8) is 0 Å². The molecule has 0 saturated heterocycles. The van der Waals surface area contributed by atoms with Gasteiger partial charge in [0.1, 0.15) is 0 Å². The minimum Gasteiger partial charge on any atom is -0.322 e. The van der Waals surface area contributed by atoms with Crippen LogP contribution in [0.15, 0.2) is 0 Å². The third kappa shape index (κ3) is 1.57. The minimum absolute atomic E-state index is 0.247. The first kappa shape index (κ1) is 7.73. The summed E-state index contributed by atoms with van der Waals surface area (Å²) in [6, 6.07) is -0.247. The summed E-state index contributed by atoms with van der Waals surface area (Å²) < 4.78 is 0. The van der Waals surface area contributed by atoms with Crippen molar-refractivity contribution < 1.29 is 4.79 Å². The van der Waals surface area contributed by atoms with Gasteiger partial charge >= 0.3 is 0 Å². The monoisotopic (exact) mass is 141 g/mol. The zero-order valence-corrected chi connectivity index (χ0v) is 6.47. The van der Waals surface area contributed by atoms with Crippen molar-refractivity contribution in [2.24, 2.45) is 11.7 Å². The fourth-order valence-electron chi connectivity index (χ4n) is 1.58. The molecule has 1 rings (SSSR count). The molecule has 0 heterocycles. The molecule has 0 radical (unpaired) electrons. The van der Waals surface area contributed by atoms with Gasteiger partial charge in [-0.1, -0.05) is 12.8 Å². The molecule has 1 aliphatic carbocycles. The van der Waals surface area contributed by atoms with Crippen LogP contribution in [0.1, 0.15) is 32.6 Å². The van der Waals surface area contributed by atoms with Crippen molar-refractivity contribution in [1.29, 1.82) is 0 Å². The lowest BCUT2D eigenvalue weighted by atomic mass is 9.98. The fraction of sp³-hybridized carbons (Fsp3) is 0.875. The van der Waals surface area contributed by atoms with Gasteiger partial charge in [0.2, 0.25) is 0 Å². The average Bonchev–Trinajstić information content (AvgIpc) is 2.36. The van der Waals surface area contributed by atoms with Crippen LogP contribution in [0.2, 0.25) is 0 Å². The highest BCUT2D eigenvalue weighted by atomic mass is 16.1. The Kier molecular flexibility index (Phi) is 2.44. The lowest BCUT2D eigenvalue weighted by Gasteiger charge is -2.09. The molecule has 2 heteroatoms. The van der Waals surface area contributed by atoms with E-state index in [1.54, 1.807) is 6.92 Å². The molecule has 1 aliphatic rings. The van der Waals surface area contributed by atoms with Gasteiger partial charge in [-0.05, 0) is 19.8 Å². The van der Waals surface area contributed by atoms with Gasteiger partial charge in [-0.15, -0.1) is 0 Å². The molecular weight excluding hydrogens is 126 g/mol.